The van der Waals surface area contributed by atoms with Crippen molar-refractivity contribution in [3.8, 4) is 5.75 Å². The predicted molar refractivity (Wildman–Crippen MR) is 153 cm³/mol. The van der Waals surface area contributed by atoms with Gasteiger partial charge in [0, 0.05) is 21.0 Å². The number of thioether (sulfide) groups is 1. The Kier molecular flexibility index (Phi) is 10.8. The standard InChI is InChI=1S/C29H28Cl2F3NO4S/c1-3-28(31,14-15-30)16-18(2)24(27(37)38)35-26(36)23-13-10-20-6-4-5-7-22(20)25(23)39-17-19-8-11-21(12-9-19)40-29(32,33)34/h4-13,24H,2-3,14-17H2,1H3,(H,35,36)(H,37,38)/t24-,28?/m0/s1. The summed E-state index contributed by atoms with van der Waals surface area (Å²) in [5.74, 6) is -1.49. The van der Waals surface area contributed by atoms with Crippen LogP contribution < -0.4 is 10.1 Å². The van der Waals surface area contributed by atoms with Crippen molar-refractivity contribution in [1.29, 1.82) is 0 Å². The van der Waals surface area contributed by atoms with Crippen molar-refractivity contribution in [3.63, 3.8) is 0 Å². The van der Waals surface area contributed by atoms with Crippen molar-refractivity contribution in [2.45, 2.75) is 54.1 Å². The number of carbonyl (C=O) groups excluding carboxylic acids is 1. The molecule has 2 N–H and O–H groups in total. The maximum absolute atomic E-state index is 13.4. The number of hydrogen-bond donors (Lipinski definition) is 2. The van der Waals surface area contributed by atoms with Crippen LogP contribution in [0.5, 0.6) is 5.75 Å². The maximum Gasteiger partial charge on any atom is 0.446 e. The summed E-state index contributed by atoms with van der Waals surface area (Å²) < 4.78 is 44.0. The Hall–Kier alpha value is -2.88. The molecule has 3 rings (SSSR count). The van der Waals surface area contributed by atoms with Crippen molar-refractivity contribution in [3.05, 3.63) is 83.9 Å². The molecule has 1 amide bonds. The average molecular weight is 615 g/mol. The van der Waals surface area contributed by atoms with E-state index in [1.165, 1.54) is 30.3 Å². The minimum atomic E-state index is -4.39. The van der Waals surface area contributed by atoms with E-state index in [2.05, 4.69) is 11.9 Å². The van der Waals surface area contributed by atoms with Crippen molar-refractivity contribution < 1.29 is 32.6 Å². The van der Waals surface area contributed by atoms with Gasteiger partial charge in [-0.05, 0) is 65.7 Å². The van der Waals surface area contributed by atoms with Gasteiger partial charge in [0.2, 0.25) is 0 Å². The lowest BCUT2D eigenvalue weighted by Crippen LogP contribution is -2.43. The lowest BCUT2D eigenvalue weighted by atomic mass is 9.90. The summed E-state index contributed by atoms with van der Waals surface area (Å²) in [7, 11) is 0. The lowest BCUT2D eigenvalue weighted by Gasteiger charge is -2.28. The van der Waals surface area contributed by atoms with Crippen LogP contribution in [0.15, 0.2) is 77.7 Å². The van der Waals surface area contributed by atoms with E-state index < -0.39 is 28.3 Å². The molecule has 40 heavy (non-hydrogen) atoms. The van der Waals surface area contributed by atoms with Crippen molar-refractivity contribution in [1.82, 2.24) is 5.32 Å². The maximum atomic E-state index is 13.4. The van der Waals surface area contributed by atoms with E-state index in [1.54, 1.807) is 18.2 Å². The van der Waals surface area contributed by atoms with Crippen LogP contribution in [0.25, 0.3) is 10.8 Å². The van der Waals surface area contributed by atoms with Gasteiger partial charge in [0.25, 0.3) is 5.91 Å². The molecule has 0 aliphatic heterocycles. The number of alkyl halides is 5. The number of carboxylic acids is 1. The largest absolute Gasteiger partial charge is 0.487 e. The summed E-state index contributed by atoms with van der Waals surface area (Å²) in [6.45, 7) is 5.72. The van der Waals surface area contributed by atoms with E-state index in [0.29, 0.717) is 23.8 Å². The van der Waals surface area contributed by atoms with Gasteiger partial charge < -0.3 is 15.2 Å². The van der Waals surface area contributed by atoms with Crippen molar-refractivity contribution in [2.75, 3.05) is 5.88 Å². The number of halogens is 5. The lowest BCUT2D eigenvalue weighted by molar-refractivity contribution is -0.138. The van der Waals surface area contributed by atoms with Gasteiger partial charge >= 0.3 is 11.5 Å². The Morgan fingerprint density at radius 1 is 1.10 bits per heavy atom. The highest BCUT2D eigenvalue weighted by atomic mass is 35.5. The number of nitrogens with one attached hydrogen (secondary N) is 1. The molecule has 3 aromatic carbocycles. The van der Waals surface area contributed by atoms with E-state index in [9.17, 15) is 27.9 Å². The number of fused-ring (bicyclic) bond motifs is 1. The first kappa shape index (κ1) is 31.6. The van der Waals surface area contributed by atoms with Crippen LogP contribution in [-0.2, 0) is 11.4 Å². The zero-order chi connectivity index (χ0) is 29.5. The molecule has 3 aromatic rings. The Balaban J connectivity index is 1.86. The first-order valence-electron chi connectivity index (χ1n) is 12.3. The van der Waals surface area contributed by atoms with Crippen LogP contribution in [0, 0.1) is 0 Å². The highest BCUT2D eigenvalue weighted by molar-refractivity contribution is 8.00. The number of ether oxygens (including phenoxy) is 1. The number of hydrogen-bond acceptors (Lipinski definition) is 4. The third-order valence-corrected chi connectivity index (χ3v) is 7.83. The summed E-state index contributed by atoms with van der Waals surface area (Å²) in [4.78, 5) is 24.8. The Morgan fingerprint density at radius 3 is 2.38 bits per heavy atom. The average Bonchev–Trinajstić information content (AvgIpc) is 2.89. The van der Waals surface area contributed by atoms with E-state index in [-0.39, 0.29) is 52.5 Å². The molecule has 0 radical (unpaired) electrons. The minimum absolute atomic E-state index is 0.0377. The molecule has 214 valence electrons. The summed E-state index contributed by atoms with van der Waals surface area (Å²) in [6, 6.07) is 14.7. The molecule has 0 bridgehead atoms. The van der Waals surface area contributed by atoms with Crippen molar-refractivity contribution >= 4 is 57.6 Å². The number of aliphatic carboxylic acids is 1. The molecular formula is C29H28Cl2F3NO4S. The molecule has 5 nitrogen and oxygen atoms in total. The summed E-state index contributed by atoms with van der Waals surface area (Å²) >= 11 is 12.3. The second-order valence-corrected chi connectivity index (χ2v) is 11.5. The van der Waals surface area contributed by atoms with E-state index >= 15 is 0 Å². The molecular weight excluding hydrogens is 586 g/mol. The second-order valence-electron chi connectivity index (χ2n) is 9.17. The predicted octanol–water partition coefficient (Wildman–Crippen LogP) is 8.18. The summed E-state index contributed by atoms with van der Waals surface area (Å²) in [5.41, 5.74) is -3.49. The molecule has 0 heterocycles. The van der Waals surface area contributed by atoms with Gasteiger partial charge in [-0.2, -0.15) is 13.2 Å². The molecule has 2 atom stereocenters. The Bertz CT molecular complexity index is 1370. The number of rotatable bonds is 13. The fourth-order valence-electron chi connectivity index (χ4n) is 4.14. The quantitative estimate of drug-likeness (QED) is 0.115. The minimum Gasteiger partial charge on any atom is -0.487 e. The third kappa shape index (κ3) is 8.56. The molecule has 0 aliphatic rings. The van der Waals surface area contributed by atoms with Crippen LogP contribution in [0.3, 0.4) is 0 Å². The smallest absolute Gasteiger partial charge is 0.446 e. The first-order valence-corrected chi connectivity index (χ1v) is 14.0. The van der Waals surface area contributed by atoms with Gasteiger partial charge in [-0.25, -0.2) is 4.79 Å². The topological polar surface area (TPSA) is 75.6 Å². The van der Waals surface area contributed by atoms with Crippen LogP contribution in [0.4, 0.5) is 13.2 Å². The Morgan fingerprint density at radius 2 is 1.77 bits per heavy atom. The number of carboxylic acid groups (broad SMARTS) is 1. The Labute approximate surface area is 244 Å². The van der Waals surface area contributed by atoms with E-state index in [4.69, 9.17) is 27.9 Å². The van der Waals surface area contributed by atoms with Crippen LogP contribution in [0.1, 0.15) is 42.1 Å². The van der Waals surface area contributed by atoms with Gasteiger partial charge in [-0.15, -0.1) is 23.2 Å². The first-order chi connectivity index (χ1) is 18.9. The van der Waals surface area contributed by atoms with E-state index in [1.807, 2.05) is 19.1 Å². The normalized spacial score (nSPS) is 13.8. The molecule has 1 unspecified atom stereocenters. The summed E-state index contributed by atoms with van der Waals surface area (Å²) in [5, 5.41) is 13.8. The zero-order valence-corrected chi connectivity index (χ0v) is 23.9. The highest BCUT2D eigenvalue weighted by Crippen LogP contribution is 2.37. The van der Waals surface area contributed by atoms with Crippen LogP contribution >= 0.6 is 35.0 Å². The van der Waals surface area contributed by atoms with Gasteiger partial charge in [-0.1, -0.05) is 56.0 Å². The molecule has 0 fully saturated rings. The zero-order valence-electron chi connectivity index (χ0n) is 21.6. The monoisotopic (exact) mass is 613 g/mol. The van der Waals surface area contributed by atoms with E-state index in [0.717, 1.165) is 5.39 Å². The molecule has 0 aliphatic carbocycles. The molecule has 0 saturated heterocycles. The van der Waals surface area contributed by atoms with Gasteiger partial charge in [0.05, 0.1) is 5.56 Å². The number of benzene rings is 3. The number of carbonyl (C=O) groups is 2. The van der Waals surface area contributed by atoms with Gasteiger partial charge in [-0.3, -0.25) is 4.79 Å². The molecule has 0 spiro atoms. The fraction of sp³-hybridized carbons (Fsp3) is 0.310. The fourth-order valence-corrected chi connectivity index (χ4v) is 5.40. The van der Waals surface area contributed by atoms with Crippen LogP contribution in [0.2, 0.25) is 0 Å². The molecule has 0 aromatic heterocycles. The van der Waals surface area contributed by atoms with Crippen molar-refractivity contribution in [2.24, 2.45) is 0 Å². The van der Waals surface area contributed by atoms with Gasteiger partial charge in [0.1, 0.15) is 18.4 Å². The van der Waals surface area contributed by atoms with Crippen LogP contribution in [-0.4, -0.2) is 39.3 Å². The highest BCUT2D eigenvalue weighted by Gasteiger charge is 2.32. The molecule has 0 saturated carbocycles. The number of amides is 1. The molecule has 11 heteroatoms. The SMILES string of the molecule is C=C(CC(Cl)(CC)CCCl)[C@H](NC(=O)c1ccc2ccccc2c1OCc1ccc(SC(F)(F)F)cc1)C(=O)O. The second kappa shape index (κ2) is 13.7. The third-order valence-electron chi connectivity index (χ3n) is 6.32. The van der Waals surface area contributed by atoms with Gasteiger partial charge in [0.15, 0.2) is 0 Å². The summed E-state index contributed by atoms with van der Waals surface area (Å²) in [6.07, 6.45) is 1.10.